The molecule has 0 saturated carbocycles. The average molecular weight is 323 g/mol. The minimum atomic E-state index is -0.910. The maximum Gasteiger partial charge on any atom is 0.303 e. The molecule has 0 heterocycles. The van der Waals surface area contributed by atoms with Crippen LogP contribution in [-0.4, -0.2) is 23.5 Å². The van der Waals surface area contributed by atoms with E-state index < -0.39 is 11.4 Å². The molecule has 1 rings (SSSR count). The van der Waals surface area contributed by atoms with Gasteiger partial charge < -0.3 is 10.4 Å². The first kappa shape index (κ1) is 19.1. The lowest BCUT2D eigenvalue weighted by Gasteiger charge is -2.24. The van der Waals surface area contributed by atoms with E-state index in [1.54, 1.807) is 32.0 Å². The van der Waals surface area contributed by atoms with Crippen LogP contribution in [0.25, 0.3) is 0 Å². The summed E-state index contributed by atoms with van der Waals surface area (Å²) < 4.78 is 13.8. The third-order valence-electron chi connectivity index (χ3n) is 3.97. The molecule has 128 valence electrons. The maximum atomic E-state index is 13.8. The van der Waals surface area contributed by atoms with Crippen LogP contribution in [0.5, 0.6) is 0 Å². The zero-order chi connectivity index (χ0) is 17.3. The second-order valence-electron chi connectivity index (χ2n) is 6.27. The van der Waals surface area contributed by atoms with Gasteiger partial charge in [0, 0.05) is 18.5 Å². The summed E-state index contributed by atoms with van der Waals surface area (Å²) in [5.74, 6) is -1.31. The summed E-state index contributed by atoms with van der Waals surface area (Å²) in [6.45, 7) is 3.98. The van der Waals surface area contributed by atoms with E-state index in [-0.39, 0.29) is 18.1 Å². The van der Waals surface area contributed by atoms with Gasteiger partial charge in [-0.3, -0.25) is 9.59 Å². The number of rotatable bonds is 10. The standard InChI is InChI=1S/C18H26FNO3/c1-18(2,14-10-7-8-11-15(14)19)17(23)20-13-9-5-3-4-6-12-16(21)22/h7-8,10-11H,3-6,9,12-13H2,1-2H3,(H,20,23)(H,21,22). The first-order valence-electron chi connectivity index (χ1n) is 8.11. The molecule has 0 aliphatic rings. The fraction of sp³-hybridized carbons (Fsp3) is 0.556. The lowest BCUT2D eigenvalue weighted by atomic mass is 9.83. The molecule has 5 heteroatoms. The quantitative estimate of drug-likeness (QED) is 0.646. The highest BCUT2D eigenvalue weighted by atomic mass is 19.1. The molecular formula is C18H26FNO3. The molecule has 1 aromatic rings. The molecule has 0 radical (unpaired) electrons. The van der Waals surface area contributed by atoms with E-state index in [4.69, 9.17) is 5.11 Å². The molecule has 0 aliphatic carbocycles. The molecule has 0 bridgehead atoms. The molecule has 0 fully saturated rings. The van der Waals surface area contributed by atoms with Gasteiger partial charge in [-0.15, -0.1) is 0 Å². The van der Waals surface area contributed by atoms with Crippen molar-refractivity contribution in [3.05, 3.63) is 35.6 Å². The Morgan fingerprint density at radius 2 is 1.70 bits per heavy atom. The van der Waals surface area contributed by atoms with E-state index in [1.165, 1.54) is 6.07 Å². The number of benzene rings is 1. The van der Waals surface area contributed by atoms with Gasteiger partial charge in [0.15, 0.2) is 0 Å². The summed E-state index contributed by atoms with van der Waals surface area (Å²) in [6.07, 6.45) is 4.54. The number of carboxylic acids is 1. The minimum Gasteiger partial charge on any atom is -0.481 e. The van der Waals surface area contributed by atoms with Crippen molar-refractivity contribution in [2.24, 2.45) is 0 Å². The summed E-state index contributed by atoms with van der Waals surface area (Å²) in [6, 6.07) is 6.33. The van der Waals surface area contributed by atoms with Crippen molar-refractivity contribution in [2.75, 3.05) is 6.54 Å². The van der Waals surface area contributed by atoms with E-state index in [2.05, 4.69) is 5.32 Å². The molecule has 2 N–H and O–H groups in total. The number of hydrogen-bond donors (Lipinski definition) is 2. The smallest absolute Gasteiger partial charge is 0.303 e. The van der Waals surface area contributed by atoms with Crippen molar-refractivity contribution in [3.63, 3.8) is 0 Å². The minimum absolute atomic E-state index is 0.187. The second kappa shape index (κ2) is 9.28. The van der Waals surface area contributed by atoms with Crippen molar-refractivity contribution in [3.8, 4) is 0 Å². The highest BCUT2D eigenvalue weighted by Crippen LogP contribution is 2.25. The Morgan fingerprint density at radius 3 is 2.35 bits per heavy atom. The van der Waals surface area contributed by atoms with Gasteiger partial charge in [-0.1, -0.05) is 37.5 Å². The topological polar surface area (TPSA) is 66.4 Å². The summed E-state index contributed by atoms with van der Waals surface area (Å²) in [5.41, 5.74) is -0.515. The van der Waals surface area contributed by atoms with Crippen LogP contribution in [0.15, 0.2) is 24.3 Å². The Labute approximate surface area is 137 Å². The number of carboxylic acid groups (broad SMARTS) is 1. The van der Waals surface area contributed by atoms with Crippen LogP contribution < -0.4 is 5.32 Å². The van der Waals surface area contributed by atoms with Crippen LogP contribution in [0.4, 0.5) is 4.39 Å². The van der Waals surface area contributed by atoms with Gasteiger partial charge in [0.2, 0.25) is 5.91 Å². The van der Waals surface area contributed by atoms with Gasteiger partial charge in [-0.25, -0.2) is 4.39 Å². The van der Waals surface area contributed by atoms with Crippen LogP contribution in [0, 0.1) is 5.82 Å². The predicted molar refractivity (Wildman–Crippen MR) is 87.8 cm³/mol. The number of nitrogens with one attached hydrogen (secondary N) is 1. The molecular weight excluding hydrogens is 297 g/mol. The molecule has 0 atom stereocenters. The third-order valence-corrected chi connectivity index (χ3v) is 3.97. The molecule has 1 amide bonds. The fourth-order valence-electron chi connectivity index (χ4n) is 2.44. The zero-order valence-electron chi connectivity index (χ0n) is 13.9. The normalized spacial score (nSPS) is 11.3. The van der Waals surface area contributed by atoms with Gasteiger partial charge in [0.25, 0.3) is 0 Å². The van der Waals surface area contributed by atoms with Crippen LogP contribution >= 0.6 is 0 Å². The van der Waals surface area contributed by atoms with Gasteiger partial charge in [-0.05, 0) is 32.8 Å². The zero-order valence-corrected chi connectivity index (χ0v) is 13.9. The number of hydrogen-bond acceptors (Lipinski definition) is 2. The van der Waals surface area contributed by atoms with Crippen LogP contribution in [0.1, 0.15) is 57.9 Å². The first-order valence-corrected chi connectivity index (χ1v) is 8.11. The number of carbonyl (C=O) groups excluding carboxylic acids is 1. The molecule has 0 aliphatic heterocycles. The van der Waals surface area contributed by atoms with Crippen molar-refractivity contribution < 1.29 is 19.1 Å². The first-order chi connectivity index (χ1) is 10.9. The highest BCUT2D eigenvalue weighted by Gasteiger charge is 2.31. The van der Waals surface area contributed by atoms with Crippen LogP contribution in [0.2, 0.25) is 0 Å². The molecule has 4 nitrogen and oxygen atoms in total. The summed E-state index contributed by atoms with van der Waals surface area (Å²) >= 11 is 0. The van der Waals surface area contributed by atoms with Gasteiger partial charge in [0.05, 0.1) is 5.41 Å². The second-order valence-corrected chi connectivity index (χ2v) is 6.27. The van der Waals surface area contributed by atoms with Crippen molar-refractivity contribution >= 4 is 11.9 Å². The summed E-state index contributed by atoms with van der Waals surface area (Å²) in [4.78, 5) is 22.7. The Bertz CT molecular complexity index is 529. The van der Waals surface area contributed by atoms with E-state index in [0.29, 0.717) is 18.5 Å². The highest BCUT2D eigenvalue weighted by molar-refractivity contribution is 5.87. The summed E-state index contributed by atoms with van der Waals surface area (Å²) in [5, 5.41) is 11.4. The van der Waals surface area contributed by atoms with Crippen molar-refractivity contribution in [1.82, 2.24) is 5.32 Å². The van der Waals surface area contributed by atoms with E-state index in [1.807, 2.05) is 0 Å². The van der Waals surface area contributed by atoms with Gasteiger partial charge in [0.1, 0.15) is 5.82 Å². The van der Waals surface area contributed by atoms with E-state index in [0.717, 1.165) is 25.7 Å². The molecule has 1 aromatic carbocycles. The predicted octanol–water partition coefficient (Wildman–Crippen LogP) is 3.64. The van der Waals surface area contributed by atoms with E-state index in [9.17, 15) is 14.0 Å². The molecule has 0 saturated heterocycles. The number of aliphatic carboxylic acids is 1. The molecule has 23 heavy (non-hydrogen) atoms. The van der Waals surface area contributed by atoms with E-state index >= 15 is 0 Å². The maximum absolute atomic E-state index is 13.8. The molecule has 0 spiro atoms. The largest absolute Gasteiger partial charge is 0.481 e. The molecule has 0 unspecified atom stereocenters. The van der Waals surface area contributed by atoms with Gasteiger partial charge in [-0.2, -0.15) is 0 Å². The number of unbranched alkanes of at least 4 members (excludes halogenated alkanes) is 4. The Kier molecular flexibility index (Phi) is 7.72. The third kappa shape index (κ3) is 6.38. The van der Waals surface area contributed by atoms with Crippen LogP contribution in [0.3, 0.4) is 0 Å². The summed E-state index contributed by atoms with van der Waals surface area (Å²) in [7, 11) is 0. The lowest BCUT2D eigenvalue weighted by Crippen LogP contribution is -2.41. The SMILES string of the molecule is CC(C)(C(=O)NCCCCCCCC(=O)O)c1ccccc1F. The Morgan fingerprint density at radius 1 is 1.09 bits per heavy atom. The number of carbonyl (C=O) groups is 2. The van der Waals surface area contributed by atoms with Crippen molar-refractivity contribution in [2.45, 2.75) is 57.8 Å². The number of amides is 1. The van der Waals surface area contributed by atoms with Gasteiger partial charge >= 0.3 is 5.97 Å². The molecule has 0 aromatic heterocycles. The monoisotopic (exact) mass is 323 g/mol. The van der Waals surface area contributed by atoms with Crippen molar-refractivity contribution in [1.29, 1.82) is 0 Å². The Hall–Kier alpha value is -1.91. The fourth-order valence-corrected chi connectivity index (χ4v) is 2.44. The average Bonchev–Trinajstić information content (AvgIpc) is 2.49. The number of halogens is 1. The lowest BCUT2D eigenvalue weighted by molar-refractivity contribution is -0.137. The van der Waals surface area contributed by atoms with Crippen LogP contribution in [-0.2, 0) is 15.0 Å². The Balaban J connectivity index is 2.28.